The van der Waals surface area contributed by atoms with Crippen LogP contribution in [0.5, 0.6) is 0 Å². The van der Waals surface area contributed by atoms with Gasteiger partial charge in [-0.1, -0.05) is 0 Å². The zero-order chi connectivity index (χ0) is 17.1. The number of nitrogen functional groups attached to an aromatic ring is 1. The SMILES string of the molecule is CN1CCN(c2nc(NC[C@H]3CCCO3)nc(N)c2[N+](=O)[O-])CC1. The van der Waals surface area contributed by atoms with Crippen LogP contribution in [-0.4, -0.2) is 72.3 Å². The van der Waals surface area contributed by atoms with Crippen molar-refractivity contribution in [3.63, 3.8) is 0 Å². The second-order valence-electron chi connectivity index (χ2n) is 6.17. The van der Waals surface area contributed by atoms with Crippen LogP contribution in [0.3, 0.4) is 0 Å². The fourth-order valence-electron chi connectivity index (χ4n) is 2.96. The van der Waals surface area contributed by atoms with E-state index in [-0.39, 0.29) is 23.4 Å². The van der Waals surface area contributed by atoms with Gasteiger partial charge in [0, 0.05) is 39.3 Å². The monoisotopic (exact) mass is 337 g/mol. The van der Waals surface area contributed by atoms with Crippen LogP contribution in [0.25, 0.3) is 0 Å². The minimum absolute atomic E-state index is 0.112. The summed E-state index contributed by atoms with van der Waals surface area (Å²) in [7, 11) is 2.02. The lowest BCUT2D eigenvalue weighted by molar-refractivity contribution is -0.383. The summed E-state index contributed by atoms with van der Waals surface area (Å²) in [6.07, 6.45) is 2.15. The van der Waals surface area contributed by atoms with Gasteiger partial charge in [0.2, 0.25) is 17.6 Å². The number of nitrogens with one attached hydrogen (secondary N) is 1. The first-order chi connectivity index (χ1) is 11.5. The van der Waals surface area contributed by atoms with Gasteiger partial charge in [0.25, 0.3) is 0 Å². The molecule has 1 aromatic rings. The largest absolute Gasteiger partial charge is 0.378 e. The summed E-state index contributed by atoms with van der Waals surface area (Å²) in [6.45, 7) is 4.30. The number of nitro groups is 1. The van der Waals surface area contributed by atoms with Crippen LogP contribution in [0.15, 0.2) is 0 Å². The van der Waals surface area contributed by atoms with E-state index in [9.17, 15) is 10.1 Å². The quantitative estimate of drug-likeness (QED) is 0.577. The molecule has 10 nitrogen and oxygen atoms in total. The third-order valence-electron chi connectivity index (χ3n) is 4.39. The molecule has 0 aromatic carbocycles. The molecule has 2 fully saturated rings. The van der Waals surface area contributed by atoms with Crippen molar-refractivity contribution in [2.75, 3.05) is 62.3 Å². The van der Waals surface area contributed by atoms with Gasteiger partial charge >= 0.3 is 5.69 Å². The van der Waals surface area contributed by atoms with Crippen molar-refractivity contribution in [1.82, 2.24) is 14.9 Å². The molecule has 1 aromatic heterocycles. The van der Waals surface area contributed by atoms with E-state index in [2.05, 4.69) is 20.2 Å². The predicted octanol–water partition coefficient (Wildman–Crippen LogP) is 0.310. The molecule has 3 rings (SSSR count). The summed E-state index contributed by atoms with van der Waals surface area (Å²) < 4.78 is 5.55. The van der Waals surface area contributed by atoms with E-state index in [1.54, 1.807) is 0 Å². The third kappa shape index (κ3) is 3.65. The molecule has 1 atom stereocenters. The van der Waals surface area contributed by atoms with Crippen LogP contribution in [0.1, 0.15) is 12.8 Å². The van der Waals surface area contributed by atoms with Crippen LogP contribution >= 0.6 is 0 Å². The number of aromatic nitrogens is 2. The Morgan fingerprint density at radius 2 is 2.12 bits per heavy atom. The highest BCUT2D eigenvalue weighted by atomic mass is 16.6. The van der Waals surface area contributed by atoms with Gasteiger partial charge in [-0.05, 0) is 19.9 Å². The molecule has 24 heavy (non-hydrogen) atoms. The van der Waals surface area contributed by atoms with E-state index in [0.29, 0.717) is 25.6 Å². The molecular formula is C14H23N7O3. The summed E-state index contributed by atoms with van der Waals surface area (Å²) in [5.74, 6) is 0.483. The average molecular weight is 337 g/mol. The van der Waals surface area contributed by atoms with E-state index < -0.39 is 4.92 Å². The van der Waals surface area contributed by atoms with Crippen LogP contribution < -0.4 is 16.0 Å². The Morgan fingerprint density at radius 3 is 2.75 bits per heavy atom. The Morgan fingerprint density at radius 1 is 1.38 bits per heavy atom. The van der Waals surface area contributed by atoms with Gasteiger partial charge in [-0.15, -0.1) is 0 Å². The summed E-state index contributed by atoms with van der Waals surface area (Å²) >= 11 is 0. The van der Waals surface area contributed by atoms with E-state index in [0.717, 1.165) is 32.5 Å². The number of hydrogen-bond donors (Lipinski definition) is 2. The Balaban J connectivity index is 1.81. The minimum atomic E-state index is -0.507. The minimum Gasteiger partial charge on any atom is -0.378 e. The van der Waals surface area contributed by atoms with Gasteiger partial charge in [0.15, 0.2) is 0 Å². The highest BCUT2D eigenvalue weighted by Crippen LogP contribution is 2.32. The van der Waals surface area contributed by atoms with Gasteiger partial charge < -0.3 is 25.6 Å². The first-order valence-electron chi connectivity index (χ1n) is 8.15. The number of anilines is 3. The molecule has 0 amide bonds. The number of hydrogen-bond acceptors (Lipinski definition) is 9. The van der Waals surface area contributed by atoms with Crippen molar-refractivity contribution < 1.29 is 9.66 Å². The van der Waals surface area contributed by atoms with Crippen molar-refractivity contribution in [1.29, 1.82) is 0 Å². The lowest BCUT2D eigenvalue weighted by Crippen LogP contribution is -2.45. The highest BCUT2D eigenvalue weighted by molar-refractivity contribution is 5.71. The van der Waals surface area contributed by atoms with Gasteiger partial charge in [-0.25, -0.2) is 0 Å². The third-order valence-corrected chi connectivity index (χ3v) is 4.39. The smallest absolute Gasteiger partial charge is 0.353 e. The van der Waals surface area contributed by atoms with Gasteiger partial charge in [-0.2, -0.15) is 9.97 Å². The zero-order valence-corrected chi connectivity index (χ0v) is 13.8. The number of piperazine rings is 1. The summed E-state index contributed by atoms with van der Waals surface area (Å²) in [5.41, 5.74) is 5.62. The molecule has 3 N–H and O–H groups in total. The normalized spacial score (nSPS) is 21.9. The van der Waals surface area contributed by atoms with Crippen molar-refractivity contribution >= 4 is 23.3 Å². The van der Waals surface area contributed by atoms with Crippen molar-refractivity contribution in [2.24, 2.45) is 0 Å². The Kier molecular flexibility index (Phi) is 4.95. The number of nitrogens with two attached hydrogens (primary N) is 1. The number of likely N-dealkylation sites (N-methyl/N-ethyl adjacent to an activating group) is 1. The number of rotatable bonds is 5. The summed E-state index contributed by atoms with van der Waals surface area (Å²) in [5, 5.41) is 14.5. The molecule has 0 radical (unpaired) electrons. The molecular weight excluding hydrogens is 314 g/mol. The molecule has 0 unspecified atom stereocenters. The Labute approximate surface area is 140 Å². The van der Waals surface area contributed by atoms with Gasteiger partial charge in [0.1, 0.15) is 0 Å². The number of ether oxygens (including phenoxy) is 1. The topological polar surface area (TPSA) is 123 Å². The van der Waals surface area contributed by atoms with E-state index in [1.807, 2.05) is 11.9 Å². The van der Waals surface area contributed by atoms with Crippen molar-refractivity contribution in [3.8, 4) is 0 Å². The van der Waals surface area contributed by atoms with Gasteiger partial charge in [-0.3, -0.25) is 10.1 Å². The van der Waals surface area contributed by atoms with Crippen LogP contribution in [-0.2, 0) is 4.74 Å². The lowest BCUT2D eigenvalue weighted by atomic mass is 10.2. The average Bonchev–Trinajstić information content (AvgIpc) is 3.06. The molecule has 0 spiro atoms. The van der Waals surface area contributed by atoms with E-state index >= 15 is 0 Å². The summed E-state index contributed by atoms with van der Waals surface area (Å²) in [4.78, 5) is 23.4. The maximum Gasteiger partial charge on any atom is 0.353 e. The Bertz CT molecular complexity index is 598. The molecule has 3 heterocycles. The lowest BCUT2D eigenvalue weighted by Gasteiger charge is -2.33. The first-order valence-corrected chi connectivity index (χ1v) is 8.15. The molecule has 2 saturated heterocycles. The maximum absolute atomic E-state index is 11.4. The highest BCUT2D eigenvalue weighted by Gasteiger charge is 2.29. The summed E-state index contributed by atoms with van der Waals surface area (Å²) in [6, 6.07) is 0. The molecule has 132 valence electrons. The fraction of sp³-hybridized carbons (Fsp3) is 0.714. The number of nitrogens with zero attached hydrogens (tertiary/aromatic N) is 5. The van der Waals surface area contributed by atoms with E-state index in [1.165, 1.54) is 0 Å². The molecule has 2 aliphatic heterocycles. The molecule has 0 saturated carbocycles. The van der Waals surface area contributed by atoms with E-state index in [4.69, 9.17) is 10.5 Å². The molecule has 2 aliphatic rings. The van der Waals surface area contributed by atoms with Crippen molar-refractivity contribution in [3.05, 3.63) is 10.1 Å². The Hall–Kier alpha value is -2.20. The predicted molar refractivity (Wildman–Crippen MR) is 90.3 cm³/mol. The fourth-order valence-corrected chi connectivity index (χ4v) is 2.96. The van der Waals surface area contributed by atoms with Crippen LogP contribution in [0.4, 0.5) is 23.3 Å². The molecule has 10 heteroatoms. The standard InChI is InChI=1S/C14H23N7O3/c1-19-4-6-20(7-5-19)13-11(21(22)23)12(15)17-14(18-13)16-9-10-3-2-8-24-10/h10H,2-9H2,1H3,(H3,15,16,17,18)/t10-/m1/s1. The zero-order valence-electron chi connectivity index (χ0n) is 13.8. The molecule has 0 aliphatic carbocycles. The van der Waals surface area contributed by atoms with Crippen LogP contribution in [0, 0.1) is 10.1 Å². The first kappa shape index (κ1) is 16.7. The second-order valence-corrected chi connectivity index (χ2v) is 6.17. The van der Waals surface area contributed by atoms with Crippen LogP contribution in [0.2, 0.25) is 0 Å². The second kappa shape index (κ2) is 7.14. The van der Waals surface area contributed by atoms with Gasteiger partial charge in [0.05, 0.1) is 11.0 Å². The molecule has 0 bridgehead atoms. The van der Waals surface area contributed by atoms with Crippen molar-refractivity contribution in [2.45, 2.75) is 18.9 Å². The maximum atomic E-state index is 11.4.